The van der Waals surface area contributed by atoms with E-state index in [2.05, 4.69) is 24.3 Å². The third-order valence-corrected chi connectivity index (χ3v) is 4.92. The molecule has 1 N–H and O–H groups in total. The molecule has 1 aromatic heterocycles. The molecule has 1 amide bonds. The van der Waals surface area contributed by atoms with Gasteiger partial charge in [0.2, 0.25) is 0 Å². The summed E-state index contributed by atoms with van der Waals surface area (Å²) in [5.41, 5.74) is 1.27. The molecule has 0 atom stereocenters. The van der Waals surface area contributed by atoms with Gasteiger partial charge in [-0.25, -0.2) is 0 Å². The molecule has 1 fully saturated rings. The second-order valence-electron chi connectivity index (χ2n) is 7.27. The zero-order valence-corrected chi connectivity index (χ0v) is 15.8. The molecule has 0 unspecified atom stereocenters. The summed E-state index contributed by atoms with van der Waals surface area (Å²) in [5, 5.41) is 4.01. The van der Waals surface area contributed by atoms with Crippen molar-refractivity contribution in [2.75, 3.05) is 47.0 Å². The molecule has 2 heterocycles. The SMILES string of the molecule is CCOc1cc(C(=O)NCC2(CN(C)C)CCOCC2)cc2occc12. The van der Waals surface area contributed by atoms with Gasteiger partial charge in [0, 0.05) is 37.3 Å². The zero-order valence-electron chi connectivity index (χ0n) is 15.8. The highest BCUT2D eigenvalue weighted by molar-refractivity contribution is 5.99. The van der Waals surface area contributed by atoms with Crippen molar-refractivity contribution < 1.29 is 18.7 Å². The lowest BCUT2D eigenvalue weighted by Crippen LogP contribution is -2.47. The van der Waals surface area contributed by atoms with Gasteiger partial charge in [0.1, 0.15) is 11.3 Å². The summed E-state index contributed by atoms with van der Waals surface area (Å²) < 4.78 is 16.7. The normalized spacial score (nSPS) is 16.8. The van der Waals surface area contributed by atoms with E-state index in [4.69, 9.17) is 13.9 Å². The predicted molar refractivity (Wildman–Crippen MR) is 101 cm³/mol. The van der Waals surface area contributed by atoms with E-state index in [1.165, 1.54) is 0 Å². The van der Waals surface area contributed by atoms with Gasteiger partial charge in [-0.2, -0.15) is 0 Å². The minimum Gasteiger partial charge on any atom is -0.493 e. The molecule has 26 heavy (non-hydrogen) atoms. The lowest BCUT2D eigenvalue weighted by molar-refractivity contribution is 0.00285. The maximum absolute atomic E-state index is 12.8. The molecule has 1 aliphatic heterocycles. The minimum atomic E-state index is -0.103. The Bertz CT molecular complexity index is 747. The Kier molecular flexibility index (Phi) is 5.84. The van der Waals surface area contributed by atoms with Crippen LogP contribution in [0.2, 0.25) is 0 Å². The number of furan rings is 1. The number of nitrogens with one attached hydrogen (secondary N) is 1. The molecule has 0 bridgehead atoms. The summed E-state index contributed by atoms with van der Waals surface area (Å²) in [6, 6.07) is 5.42. The first-order valence-electron chi connectivity index (χ1n) is 9.18. The number of nitrogens with zero attached hydrogens (tertiary/aromatic N) is 1. The number of fused-ring (bicyclic) bond motifs is 1. The topological polar surface area (TPSA) is 63.9 Å². The number of benzene rings is 1. The highest BCUT2D eigenvalue weighted by Gasteiger charge is 2.33. The van der Waals surface area contributed by atoms with Crippen molar-refractivity contribution in [1.82, 2.24) is 10.2 Å². The number of hydrogen-bond acceptors (Lipinski definition) is 5. The van der Waals surface area contributed by atoms with Crippen LogP contribution in [0.4, 0.5) is 0 Å². The van der Waals surface area contributed by atoms with Crippen molar-refractivity contribution in [3.8, 4) is 5.75 Å². The lowest BCUT2D eigenvalue weighted by atomic mass is 9.79. The molecule has 2 aromatic rings. The zero-order chi connectivity index (χ0) is 18.6. The van der Waals surface area contributed by atoms with Gasteiger partial charge in [-0.15, -0.1) is 0 Å². The molecule has 1 aromatic carbocycles. The number of rotatable bonds is 7. The third-order valence-electron chi connectivity index (χ3n) is 4.92. The van der Waals surface area contributed by atoms with Crippen LogP contribution >= 0.6 is 0 Å². The van der Waals surface area contributed by atoms with Crippen LogP contribution in [0, 0.1) is 5.41 Å². The smallest absolute Gasteiger partial charge is 0.251 e. The number of carbonyl (C=O) groups is 1. The second kappa shape index (κ2) is 8.10. The van der Waals surface area contributed by atoms with Crippen LogP contribution in [0.3, 0.4) is 0 Å². The molecule has 0 radical (unpaired) electrons. The van der Waals surface area contributed by atoms with Crippen LogP contribution in [0.15, 0.2) is 28.9 Å². The standard InChI is InChI=1S/C20H28N2O4/c1-4-25-17-11-15(12-18-16(17)5-8-26-18)19(23)21-13-20(14-22(2)3)6-9-24-10-7-20/h5,8,11-12H,4,6-7,9-10,13-14H2,1-3H3,(H,21,23). The Labute approximate surface area is 154 Å². The molecule has 142 valence electrons. The fourth-order valence-electron chi connectivity index (χ4n) is 3.68. The van der Waals surface area contributed by atoms with Crippen LogP contribution in [0.25, 0.3) is 11.0 Å². The summed E-state index contributed by atoms with van der Waals surface area (Å²) >= 11 is 0. The van der Waals surface area contributed by atoms with Crippen LogP contribution in [-0.4, -0.2) is 57.8 Å². The number of amides is 1. The fourth-order valence-corrected chi connectivity index (χ4v) is 3.68. The Morgan fingerprint density at radius 2 is 2.08 bits per heavy atom. The van der Waals surface area contributed by atoms with E-state index in [0.29, 0.717) is 30.0 Å². The van der Waals surface area contributed by atoms with Crippen molar-refractivity contribution in [2.45, 2.75) is 19.8 Å². The molecule has 0 aliphatic carbocycles. The Morgan fingerprint density at radius 3 is 2.77 bits per heavy atom. The van der Waals surface area contributed by atoms with Gasteiger partial charge < -0.3 is 24.1 Å². The van der Waals surface area contributed by atoms with Crippen molar-refractivity contribution in [3.63, 3.8) is 0 Å². The van der Waals surface area contributed by atoms with Crippen LogP contribution < -0.4 is 10.1 Å². The largest absolute Gasteiger partial charge is 0.493 e. The first-order chi connectivity index (χ1) is 12.5. The second-order valence-corrected chi connectivity index (χ2v) is 7.27. The first-order valence-corrected chi connectivity index (χ1v) is 9.18. The fraction of sp³-hybridized carbons (Fsp3) is 0.550. The van der Waals surface area contributed by atoms with Gasteiger partial charge in [-0.05, 0) is 52.1 Å². The van der Waals surface area contributed by atoms with Gasteiger partial charge >= 0.3 is 0 Å². The Morgan fingerprint density at radius 1 is 1.31 bits per heavy atom. The molecule has 0 saturated carbocycles. The van der Waals surface area contributed by atoms with E-state index >= 15 is 0 Å². The third kappa shape index (κ3) is 4.19. The van der Waals surface area contributed by atoms with Crippen LogP contribution in [0.5, 0.6) is 5.75 Å². The molecule has 1 saturated heterocycles. The average Bonchev–Trinajstić information content (AvgIpc) is 3.09. The van der Waals surface area contributed by atoms with Crippen molar-refractivity contribution in [1.29, 1.82) is 0 Å². The highest BCUT2D eigenvalue weighted by Crippen LogP contribution is 2.31. The molecular formula is C20H28N2O4. The summed E-state index contributed by atoms with van der Waals surface area (Å²) in [6.45, 7) is 5.52. The molecule has 0 spiro atoms. The van der Waals surface area contributed by atoms with Gasteiger partial charge in [0.15, 0.2) is 0 Å². The van der Waals surface area contributed by atoms with Gasteiger partial charge in [0.25, 0.3) is 5.91 Å². The van der Waals surface area contributed by atoms with E-state index in [9.17, 15) is 4.79 Å². The van der Waals surface area contributed by atoms with E-state index in [1.807, 2.05) is 13.0 Å². The van der Waals surface area contributed by atoms with Crippen molar-refractivity contribution >= 4 is 16.9 Å². The van der Waals surface area contributed by atoms with Crippen LogP contribution in [-0.2, 0) is 4.74 Å². The monoisotopic (exact) mass is 360 g/mol. The van der Waals surface area contributed by atoms with E-state index < -0.39 is 0 Å². The van der Waals surface area contributed by atoms with E-state index in [1.54, 1.807) is 18.4 Å². The first kappa shape index (κ1) is 18.7. The quantitative estimate of drug-likeness (QED) is 0.822. The molecular weight excluding hydrogens is 332 g/mol. The summed E-state index contributed by atoms with van der Waals surface area (Å²) in [4.78, 5) is 15.0. The Balaban J connectivity index is 1.75. The summed E-state index contributed by atoms with van der Waals surface area (Å²) in [7, 11) is 4.14. The van der Waals surface area contributed by atoms with Gasteiger partial charge in [-0.3, -0.25) is 4.79 Å². The van der Waals surface area contributed by atoms with E-state index in [-0.39, 0.29) is 11.3 Å². The average molecular weight is 360 g/mol. The number of carbonyl (C=O) groups excluding carboxylic acids is 1. The number of hydrogen-bond donors (Lipinski definition) is 1. The predicted octanol–water partition coefficient (Wildman–Crippen LogP) is 2.92. The highest BCUT2D eigenvalue weighted by atomic mass is 16.5. The van der Waals surface area contributed by atoms with Gasteiger partial charge in [-0.1, -0.05) is 0 Å². The summed E-state index contributed by atoms with van der Waals surface area (Å²) in [5.74, 6) is 0.576. The Hall–Kier alpha value is -2.05. The maximum Gasteiger partial charge on any atom is 0.251 e. The minimum absolute atomic E-state index is 0.0505. The van der Waals surface area contributed by atoms with Crippen molar-refractivity contribution in [3.05, 3.63) is 30.0 Å². The van der Waals surface area contributed by atoms with Crippen molar-refractivity contribution in [2.24, 2.45) is 5.41 Å². The van der Waals surface area contributed by atoms with E-state index in [0.717, 1.165) is 38.0 Å². The molecule has 6 heteroatoms. The van der Waals surface area contributed by atoms with Crippen LogP contribution in [0.1, 0.15) is 30.1 Å². The summed E-state index contributed by atoms with van der Waals surface area (Å²) in [6.07, 6.45) is 3.52. The number of ether oxygens (including phenoxy) is 2. The van der Waals surface area contributed by atoms with Gasteiger partial charge in [0.05, 0.1) is 18.3 Å². The molecule has 3 rings (SSSR count). The maximum atomic E-state index is 12.8. The molecule has 1 aliphatic rings. The molecule has 6 nitrogen and oxygen atoms in total. The lowest BCUT2D eigenvalue weighted by Gasteiger charge is -2.39.